The van der Waals surface area contributed by atoms with Gasteiger partial charge in [0.1, 0.15) is 10.5 Å². The van der Waals surface area contributed by atoms with Crippen molar-refractivity contribution in [2.75, 3.05) is 0 Å². The van der Waals surface area contributed by atoms with Gasteiger partial charge in [0.25, 0.3) is 0 Å². The van der Waals surface area contributed by atoms with Gasteiger partial charge in [0.15, 0.2) is 0 Å². The van der Waals surface area contributed by atoms with Crippen LogP contribution in [0.5, 0.6) is 0 Å². The molecular weight excluding hydrogens is 65.7 g/mol. The highest BCUT2D eigenvalue weighted by molar-refractivity contribution is 6.86. The van der Waals surface area contributed by atoms with Gasteiger partial charge in [-0.2, -0.15) is 0 Å². The lowest BCUT2D eigenvalue weighted by atomic mass is 9.73. The van der Waals surface area contributed by atoms with Crippen LogP contribution in [0.4, 0.5) is 0 Å². The molecule has 0 aliphatic carbocycles. The monoisotopic (exact) mass is 69.0 g/mol. The van der Waals surface area contributed by atoms with E-state index in [4.69, 9.17) is 7.74 Å². The number of hydrogen-bond donors (Lipinski definition) is 0. The van der Waals surface area contributed by atoms with Crippen molar-refractivity contribution in [2.45, 2.75) is 0 Å². The van der Waals surface area contributed by atoms with E-state index in [1.165, 1.54) is 7.37 Å². The van der Waals surface area contributed by atoms with E-state index >= 15 is 0 Å². The molecule has 0 rings (SSSR count). The van der Waals surface area contributed by atoms with Crippen LogP contribution < -0.4 is 0 Å². The summed E-state index contributed by atoms with van der Waals surface area (Å²) in [5, 5.41) is 0. The first kappa shape index (κ1) is 4.31. The Morgan fingerprint density at radius 1 is 2.00 bits per heavy atom. The predicted octanol–water partition coefficient (Wildman–Crippen LogP) is -2.01. The Morgan fingerprint density at radius 2 is 2.25 bits per heavy atom. The van der Waals surface area contributed by atoms with Crippen molar-refractivity contribution in [1.82, 2.24) is 0 Å². The average molecular weight is 68.7 g/mol. The molecule has 4 heteroatoms. The highest BCUT2D eigenvalue weighted by Gasteiger charge is 1.58. The summed E-state index contributed by atoms with van der Waals surface area (Å²) in [5.74, 6) is 0. The van der Waals surface area contributed by atoms with Gasteiger partial charge >= 0.3 is 0 Å². The van der Waals surface area contributed by atoms with Gasteiger partial charge in [-0.25, -0.2) is 0 Å². The third-order valence-electron chi connectivity index (χ3n) is 0.136. The van der Waals surface area contributed by atoms with Crippen LogP contribution in [0.1, 0.15) is 0 Å². The molecular formula is H3B2OSi. The van der Waals surface area contributed by atoms with E-state index in [9.17, 15) is 0 Å². The van der Waals surface area contributed by atoms with Crippen molar-refractivity contribution in [1.29, 1.82) is 0 Å². The van der Waals surface area contributed by atoms with Crippen molar-refractivity contribution >= 4 is 25.6 Å². The lowest BCUT2D eigenvalue weighted by Crippen LogP contribution is -1.90. The minimum absolute atomic E-state index is 0.709. The van der Waals surface area contributed by atoms with Gasteiger partial charge in [0.2, 0.25) is 7.37 Å². The first-order valence-electron chi connectivity index (χ1n) is 0.977. The van der Waals surface area contributed by atoms with E-state index in [0.29, 0.717) is 10.5 Å². The summed E-state index contributed by atoms with van der Waals surface area (Å²) in [6.45, 7) is 0. The van der Waals surface area contributed by atoms with Crippen LogP contribution in [0.3, 0.4) is 0 Å². The van der Waals surface area contributed by atoms with Crippen molar-refractivity contribution in [3.63, 3.8) is 0 Å². The first-order chi connectivity index (χ1) is 1.91. The Morgan fingerprint density at radius 3 is 2.25 bits per heavy atom. The zero-order valence-corrected chi connectivity index (χ0v) is 4.56. The highest BCUT2D eigenvalue weighted by atomic mass is 28.2. The topological polar surface area (TPSA) is 9.23 Å². The largest absolute Gasteiger partial charge is 0.495 e. The molecule has 0 bridgehead atoms. The average Bonchev–Trinajstić information content (AvgIpc) is 1.37. The highest BCUT2D eigenvalue weighted by Crippen LogP contribution is 1.36. The van der Waals surface area contributed by atoms with E-state index in [1.54, 1.807) is 0 Å². The summed E-state index contributed by atoms with van der Waals surface area (Å²) in [5.41, 5.74) is 0. The molecule has 3 radical (unpaired) electrons. The van der Waals surface area contributed by atoms with Crippen LogP contribution in [0.15, 0.2) is 0 Å². The molecule has 0 fully saturated rings. The maximum absolute atomic E-state index is 4.72. The molecule has 19 valence electrons. The Bertz CT molecular complexity index is 8.00. The minimum Gasteiger partial charge on any atom is -0.495 e. The number of rotatable bonds is 1. The molecule has 0 aliphatic rings. The van der Waals surface area contributed by atoms with Gasteiger partial charge in [-0.1, -0.05) is 0 Å². The lowest BCUT2D eigenvalue weighted by molar-refractivity contribution is 0.683. The molecule has 0 saturated heterocycles. The summed E-state index contributed by atoms with van der Waals surface area (Å²) < 4.78 is 4.33. The molecule has 4 heavy (non-hydrogen) atoms. The van der Waals surface area contributed by atoms with E-state index in [-0.39, 0.29) is 0 Å². The van der Waals surface area contributed by atoms with Gasteiger partial charge in [-0.3, -0.25) is 0 Å². The van der Waals surface area contributed by atoms with Crippen molar-refractivity contribution in [2.24, 2.45) is 0 Å². The standard InChI is InChI=1S/B2H3OSi/c1-2-3-4/h4H3. The fraction of sp³-hybridized carbons (Fsp3) is 0. The summed E-state index contributed by atoms with van der Waals surface area (Å²) in [6, 6.07) is 0. The summed E-state index contributed by atoms with van der Waals surface area (Å²) in [4.78, 5) is 0. The van der Waals surface area contributed by atoms with Gasteiger partial charge in [0.05, 0.1) is 7.74 Å². The fourth-order valence-electron chi connectivity index (χ4n) is 0. The molecule has 0 heterocycles. The minimum atomic E-state index is 0.709. The van der Waals surface area contributed by atoms with Crippen LogP contribution in [0.2, 0.25) is 0 Å². The predicted molar refractivity (Wildman–Crippen MR) is 22.5 cm³/mol. The Kier molecular flexibility index (Phi) is 3.56. The van der Waals surface area contributed by atoms with E-state index in [1.807, 2.05) is 0 Å². The zero-order chi connectivity index (χ0) is 3.41. The quantitative estimate of drug-likeness (QED) is 0.323. The first-order valence-corrected chi connectivity index (χ1v) is 1.79. The molecule has 0 spiro atoms. The third kappa shape index (κ3) is 2.31. The molecule has 1 nitrogen and oxygen atoms in total. The fourth-order valence-corrected chi connectivity index (χ4v) is 0. The Hall–Kier alpha value is 0.307. The molecule has 0 aromatic carbocycles. The number of hydrogen-bond acceptors (Lipinski definition) is 1. The lowest BCUT2D eigenvalue weighted by Gasteiger charge is -1.74. The van der Waals surface area contributed by atoms with Crippen LogP contribution >= 0.6 is 0 Å². The van der Waals surface area contributed by atoms with E-state index in [2.05, 4.69) is 4.34 Å². The third-order valence-corrected chi connectivity index (χ3v) is 0.408. The summed E-state index contributed by atoms with van der Waals surface area (Å²) in [7, 11) is 6.61. The SMILES string of the molecule is [B][B]O[SiH3]. The van der Waals surface area contributed by atoms with Crippen molar-refractivity contribution in [3.05, 3.63) is 0 Å². The molecule has 0 aliphatic heterocycles. The van der Waals surface area contributed by atoms with E-state index < -0.39 is 0 Å². The molecule has 0 unspecified atom stereocenters. The molecule has 0 N–H and O–H groups in total. The zero-order valence-electron chi connectivity index (χ0n) is 2.56. The summed E-state index contributed by atoms with van der Waals surface area (Å²) >= 11 is 0. The molecule has 0 saturated carbocycles. The van der Waals surface area contributed by atoms with Crippen LogP contribution in [-0.4, -0.2) is 25.6 Å². The van der Waals surface area contributed by atoms with Gasteiger partial charge < -0.3 is 4.34 Å². The second-order valence-corrected chi connectivity index (χ2v) is 0.843. The van der Waals surface area contributed by atoms with Crippen LogP contribution in [0.25, 0.3) is 0 Å². The van der Waals surface area contributed by atoms with Gasteiger partial charge in [-0.15, -0.1) is 0 Å². The Balaban J connectivity index is 1.97. The van der Waals surface area contributed by atoms with Crippen LogP contribution in [0, 0.1) is 0 Å². The molecule has 0 aromatic rings. The van der Waals surface area contributed by atoms with Crippen molar-refractivity contribution in [3.8, 4) is 0 Å². The van der Waals surface area contributed by atoms with Crippen molar-refractivity contribution < 1.29 is 4.34 Å². The maximum Gasteiger partial charge on any atom is 0.211 e. The normalized spacial score (nSPS) is 7.00. The van der Waals surface area contributed by atoms with Crippen LogP contribution in [-0.2, 0) is 4.34 Å². The van der Waals surface area contributed by atoms with Gasteiger partial charge in [-0.05, 0) is 0 Å². The molecule has 0 aromatic heterocycles. The molecule has 0 amide bonds. The second-order valence-electron chi connectivity index (χ2n) is 0.372. The smallest absolute Gasteiger partial charge is 0.211 e. The van der Waals surface area contributed by atoms with Gasteiger partial charge in [0, 0.05) is 0 Å². The summed E-state index contributed by atoms with van der Waals surface area (Å²) in [6.07, 6.45) is 0. The second kappa shape index (κ2) is 3.31. The molecule has 0 atom stereocenters. The maximum atomic E-state index is 4.72. The Labute approximate surface area is 30.9 Å². The van der Waals surface area contributed by atoms with E-state index in [0.717, 1.165) is 0 Å².